The van der Waals surface area contributed by atoms with Crippen LogP contribution in [0.4, 0.5) is 0 Å². The molecular weight excluding hydrogens is 338 g/mol. The largest absolute Gasteiger partial charge is 0.347 e. The lowest BCUT2D eigenvalue weighted by Crippen LogP contribution is -2.35. The fourth-order valence-corrected chi connectivity index (χ4v) is 4.43. The van der Waals surface area contributed by atoms with Gasteiger partial charge >= 0.3 is 0 Å². The molecule has 4 rings (SSSR count). The summed E-state index contributed by atoms with van der Waals surface area (Å²) in [5, 5.41) is 3.59. The van der Waals surface area contributed by atoms with E-state index in [2.05, 4.69) is 15.3 Å². The monoisotopic (exact) mass is 357 g/mol. The van der Waals surface area contributed by atoms with E-state index in [1.54, 1.807) is 17.1 Å². The van der Waals surface area contributed by atoms with Gasteiger partial charge < -0.3 is 9.88 Å². The van der Waals surface area contributed by atoms with Gasteiger partial charge in [0, 0.05) is 37.9 Å². The summed E-state index contributed by atoms with van der Waals surface area (Å²) in [6.45, 7) is 5.14. The van der Waals surface area contributed by atoms with Crippen LogP contribution in [-0.4, -0.2) is 31.1 Å². The molecule has 7 nitrogen and oxygen atoms in total. The van der Waals surface area contributed by atoms with Crippen molar-refractivity contribution >= 4 is 27.5 Å². The van der Waals surface area contributed by atoms with E-state index in [-0.39, 0.29) is 17.5 Å². The molecule has 8 heteroatoms. The number of hydrogen-bond acceptors (Lipinski definition) is 5. The fraction of sp³-hybridized carbons (Fsp3) is 0.412. The molecule has 1 amide bonds. The smallest absolute Gasteiger partial charge is 0.262 e. The van der Waals surface area contributed by atoms with E-state index in [9.17, 15) is 9.59 Å². The molecule has 0 saturated carbocycles. The molecule has 0 aromatic carbocycles. The third-order valence-electron chi connectivity index (χ3n) is 4.54. The molecular formula is C17H19N5O2S. The number of rotatable bonds is 4. The van der Waals surface area contributed by atoms with Crippen molar-refractivity contribution < 1.29 is 4.79 Å². The highest BCUT2D eigenvalue weighted by Gasteiger charge is 2.23. The lowest BCUT2D eigenvalue weighted by atomic mass is 10.2. The van der Waals surface area contributed by atoms with Crippen molar-refractivity contribution in [3.8, 4) is 0 Å². The van der Waals surface area contributed by atoms with Crippen molar-refractivity contribution in [2.24, 2.45) is 0 Å². The van der Waals surface area contributed by atoms with E-state index < -0.39 is 0 Å². The van der Waals surface area contributed by atoms with Crippen LogP contribution in [0.15, 0.2) is 23.5 Å². The van der Waals surface area contributed by atoms with E-state index in [4.69, 9.17) is 0 Å². The molecule has 1 unspecified atom stereocenters. The number of carbonyl (C=O) groups is 1. The highest BCUT2D eigenvalue weighted by Crippen LogP contribution is 2.28. The van der Waals surface area contributed by atoms with Gasteiger partial charge in [-0.15, -0.1) is 11.3 Å². The van der Waals surface area contributed by atoms with Gasteiger partial charge in [0.1, 0.15) is 10.7 Å². The summed E-state index contributed by atoms with van der Waals surface area (Å²) < 4.78 is 3.66. The lowest BCUT2D eigenvalue weighted by molar-refractivity contribution is 0.0940. The van der Waals surface area contributed by atoms with E-state index in [0.29, 0.717) is 21.6 Å². The molecule has 1 N–H and O–H groups in total. The van der Waals surface area contributed by atoms with Crippen molar-refractivity contribution in [1.82, 2.24) is 24.4 Å². The number of imidazole rings is 1. The average Bonchev–Trinajstić information content (AvgIpc) is 3.28. The number of nitrogens with zero attached hydrogens (tertiary/aromatic N) is 4. The summed E-state index contributed by atoms with van der Waals surface area (Å²) >= 11 is 1.31. The molecule has 4 heterocycles. The first kappa shape index (κ1) is 16.0. The first-order valence-electron chi connectivity index (χ1n) is 8.34. The number of amides is 1. The third kappa shape index (κ3) is 2.76. The van der Waals surface area contributed by atoms with Crippen LogP contribution in [0.1, 0.15) is 34.4 Å². The Balaban J connectivity index is 1.63. The van der Waals surface area contributed by atoms with Crippen molar-refractivity contribution in [1.29, 1.82) is 0 Å². The molecule has 3 aromatic rings. The minimum Gasteiger partial charge on any atom is -0.347 e. The predicted molar refractivity (Wildman–Crippen MR) is 96.1 cm³/mol. The van der Waals surface area contributed by atoms with E-state index in [0.717, 1.165) is 30.8 Å². The molecule has 1 aliphatic heterocycles. The summed E-state index contributed by atoms with van der Waals surface area (Å²) in [6.07, 6.45) is 7.08. The normalized spacial score (nSPS) is 14.6. The Hall–Kier alpha value is -2.48. The Kier molecular flexibility index (Phi) is 3.91. The summed E-state index contributed by atoms with van der Waals surface area (Å²) in [7, 11) is 0. The SMILES string of the molecule is Cc1c(C(=O)NC(C)Cn2ccnc2)sc2nc3n(c(=O)c12)CCC3. The zero-order valence-electron chi connectivity index (χ0n) is 14.2. The number of aryl methyl sites for hydroxylation is 2. The van der Waals surface area contributed by atoms with Gasteiger partial charge in [-0.25, -0.2) is 9.97 Å². The van der Waals surface area contributed by atoms with Crippen LogP contribution in [0.3, 0.4) is 0 Å². The lowest BCUT2D eigenvalue weighted by Gasteiger charge is -2.14. The molecule has 0 spiro atoms. The number of fused-ring (bicyclic) bond motifs is 2. The fourth-order valence-electron chi connectivity index (χ4n) is 3.34. The predicted octanol–water partition coefficient (Wildman–Crippen LogP) is 1.73. The van der Waals surface area contributed by atoms with Crippen molar-refractivity contribution in [3.63, 3.8) is 0 Å². The van der Waals surface area contributed by atoms with Gasteiger partial charge in [-0.1, -0.05) is 0 Å². The molecule has 0 radical (unpaired) electrons. The van der Waals surface area contributed by atoms with Gasteiger partial charge in [-0.05, 0) is 25.8 Å². The second-order valence-electron chi connectivity index (χ2n) is 6.46. The van der Waals surface area contributed by atoms with Crippen LogP contribution >= 0.6 is 11.3 Å². The maximum Gasteiger partial charge on any atom is 0.262 e. The number of nitrogens with one attached hydrogen (secondary N) is 1. The van der Waals surface area contributed by atoms with Gasteiger partial charge in [-0.3, -0.25) is 14.2 Å². The Labute approximate surface area is 148 Å². The third-order valence-corrected chi connectivity index (χ3v) is 5.72. The van der Waals surface area contributed by atoms with E-state index in [1.807, 2.05) is 24.6 Å². The standard InChI is InChI=1S/C17H19N5O2S/c1-10(8-21-7-5-18-9-21)19-15(23)14-11(2)13-16(25-14)20-12-4-3-6-22(12)17(13)24/h5,7,9-10H,3-4,6,8H2,1-2H3,(H,19,23). The summed E-state index contributed by atoms with van der Waals surface area (Å²) in [5.41, 5.74) is 0.712. The van der Waals surface area contributed by atoms with Gasteiger partial charge in [0.05, 0.1) is 16.6 Å². The van der Waals surface area contributed by atoms with Crippen LogP contribution in [0.5, 0.6) is 0 Å². The number of hydrogen-bond donors (Lipinski definition) is 1. The Bertz CT molecular complexity index is 1000. The molecule has 0 fully saturated rings. The molecule has 1 atom stereocenters. The molecule has 25 heavy (non-hydrogen) atoms. The highest BCUT2D eigenvalue weighted by atomic mass is 32.1. The zero-order valence-corrected chi connectivity index (χ0v) is 15.0. The molecule has 1 aliphatic rings. The second kappa shape index (κ2) is 6.11. The van der Waals surface area contributed by atoms with Crippen molar-refractivity contribution in [2.45, 2.75) is 45.8 Å². The second-order valence-corrected chi connectivity index (χ2v) is 7.46. The summed E-state index contributed by atoms with van der Waals surface area (Å²) in [5.74, 6) is 0.678. The maximum absolute atomic E-state index is 12.7. The first-order chi connectivity index (χ1) is 12.0. The molecule has 3 aromatic heterocycles. The van der Waals surface area contributed by atoms with Crippen LogP contribution in [0, 0.1) is 6.92 Å². The Morgan fingerprint density at radius 3 is 3.08 bits per heavy atom. The van der Waals surface area contributed by atoms with Crippen LogP contribution < -0.4 is 10.9 Å². The van der Waals surface area contributed by atoms with Crippen LogP contribution in [0.2, 0.25) is 0 Å². The first-order valence-corrected chi connectivity index (χ1v) is 9.15. The van der Waals surface area contributed by atoms with Gasteiger partial charge in [0.25, 0.3) is 11.5 Å². The molecule has 0 saturated heterocycles. The van der Waals surface area contributed by atoms with Crippen LogP contribution in [-0.2, 0) is 19.5 Å². The Morgan fingerprint density at radius 2 is 2.32 bits per heavy atom. The van der Waals surface area contributed by atoms with E-state index in [1.165, 1.54) is 11.3 Å². The minimum absolute atomic E-state index is 0.0169. The quantitative estimate of drug-likeness (QED) is 0.771. The van der Waals surface area contributed by atoms with Gasteiger partial charge in [0.15, 0.2) is 0 Å². The number of aromatic nitrogens is 4. The molecule has 130 valence electrons. The number of thiophene rings is 1. The van der Waals surface area contributed by atoms with Crippen molar-refractivity contribution in [2.75, 3.05) is 0 Å². The topological polar surface area (TPSA) is 81.8 Å². The van der Waals surface area contributed by atoms with Gasteiger partial charge in [0.2, 0.25) is 0 Å². The summed E-state index contributed by atoms with van der Waals surface area (Å²) in [6, 6.07) is -0.0506. The van der Waals surface area contributed by atoms with Gasteiger partial charge in [-0.2, -0.15) is 0 Å². The molecule has 0 aliphatic carbocycles. The zero-order chi connectivity index (χ0) is 17.6. The van der Waals surface area contributed by atoms with Crippen LogP contribution in [0.25, 0.3) is 10.2 Å². The van der Waals surface area contributed by atoms with E-state index >= 15 is 0 Å². The Morgan fingerprint density at radius 1 is 1.48 bits per heavy atom. The maximum atomic E-state index is 12.7. The number of carbonyl (C=O) groups excluding carboxylic acids is 1. The van der Waals surface area contributed by atoms with Crippen molar-refractivity contribution in [3.05, 3.63) is 45.3 Å². The summed E-state index contributed by atoms with van der Waals surface area (Å²) in [4.78, 5) is 35.2. The average molecular weight is 357 g/mol. The highest BCUT2D eigenvalue weighted by molar-refractivity contribution is 7.20. The minimum atomic E-state index is -0.155. The molecule has 0 bridgehead atoms.